The number of pyridine rings is 1. The third kappa shape index (κ3) is 4.14. The Morgan fingerprint density at radius 3 is 2.91 bits per heavy atom. The smallest absolute Gasteiger partial charge is 0.237 e. The standard InChI is InChI=1S/C24H24N4O4S/c1-13(21(29)27-16-7-5-6-8-18(16)30-4)33-23-20-19(25-12-26-23)15-9-14-11-31-24(2,3)10-17(14)28-22(15)32-20/h5-9,12-13H,10-11H2,1-4H3,(H,27,29). The first-order chi connectivity index (χ1) is 15.8. The van der Waals surface area contributed by atoms with Gasteiger partial charge in [-0.05, 0) is 39.0 Å². The first-order valence-electron chi connectivity index (χ1n) is 10.6. The lowest BCUT2D eigenvalue weighted by molar-refractivity contribution is -0.115. The zero-order valence-corrected chi connectivity index (χ0v) is 19.7. The van der Waals surface area contributed by atoms with Crippen LogP contribution >= 0.6 is 11.8 Å². The summed E-state index contributed by atoms with van der Waals surface area (Å²) in [5.41, 5.74) is 4.12. The van der Waals surface area contributed by atoms with Gasteiger partial charge in [0.1, 0.15) is 22.6 Å². The number of fused-ring (bicyclic) bond motifs is 4. The number of para-hydroxylation sites is 2. The van der Waals surface area contributed by atoms with Crippen LogP contribution in [0, 0.1) is 0 Å². The average Bonchev–Trinajstić information content (AvgIpc) is 3.15. The summed E-state index contributed by atoms with van der Waals surface area (Å²) in [6.45, 7) is 6.43. The fourth-order valence-electron chi connectivity index (χ4n) is 3.85. The van der Waals surface area contributed by atoms with E-state index >= 15 is 0 Å². The minimum absolute atomic E-state index is 0.166. The fourth-order valence-corrected chi connectivity index (χ4v) is 4.71. The van der Waals surface area contributed by atoms with E-state index in [0.717, 1.165) is 16.6 Å². The third-order valence-electron chi connectivity index (χ3n) is 5.62. The highest BCUT2D eigenvalue weighted by Gasteiger charge is 2.29. The van der Waals surface area contributed by atoms with Crippen molar-refractivity contribution >= 4 is 45.6 Å². The van der Waals surface area contributed by atoms with Crippen molar-refractivity contribution in [2.24, 2.45) is 0 Å². The van der Waals surface area contributed by atoms with E-state index in [0.29, 0.717) is 46.3 Å². The van der Waals surface area contributed by atoms with Crippen molar-refractivity contribution in [1.29, 1.82) is 0 Å². The molecule has 0 radical (unpaired) electrons. The number of nitrogens with zero attached hydrogens (tertiary/aromatic N) is 3. The van der Waals surface area contributed by atoms with E-state index in [1.807, 2.05) is 25.1 Å². The maximum atomic E-state index is 12.8. The Balaban J connectivity index is 1.44. The van der Waals surface area contributed by atoms with E-state index in [-0.39, 0.29) is 11.5 Å². The predicted molar refractivity (Wildman–Crippen MR) is 127 cm³/mol. The average molecular weight is 465 g/mol. The summed E-state index contributed by atoms with van der Waals surface area (Å²) in [5.74, 6) is 0.437. The maximum Gasteiger partial charge on any atom is 0.237 e. The quantitative estimate of drug-likeness (QED) is 0.334. The zero-order chi connectivity index (χ0) is 23.2. The molecule has 33 heavy (non-hydrogen) atoms. The Morgan fingerprint density at radius 1 is 1.27 bits per heavy atom. The van der Waals surface area contributed by atoms with Crippen LogP contribution in [0.15, 0.2) is 46.1 Å². The second-order valence-electron chi connectivity index (χ2n) is 8.58. The van der Waals surface area contributed by atoms with Gasteiger partial charge in [0, 0.05) is 12.0 Å². The number of hydrogen-bond acceptors (Lipinski definition) is 8. The van der Waals surface area contributed by atoms with Crippen molar-refractivity contribution in [2.75, 3.05) is 12.4 Å². The molecule has 1 atom stereocenters. The van der Waals surface area contributed by atoms with Crippen LogP contribution in [-0.4, -0.2) is 38.8 Å². The summed E-state index contributed by atoms with van der Waals surface area (Å²) in [6, 6.07) is 9.34. The maximum absolute atomic E-state index is 12.8. The number of ether oxygens (including phenoxy) is 2. The van der Waals surface area contributed by atoms with Gasteiger partial charge in [0.2, 0.25) is 11.6 Å². The van der Waals surface area contributed by atoms with Crippen molar-refractivity contribution in [3.63, 3.8) is 0 Å². The van der Waals surface area contributed by atoms with Gasteiger partial charge in [-0.2, -0.15) is 0 Å². The summed E-state index contributed by atoms with van der Waals surface area (Å²) in [7, 11) is 1.57. The number of thioether (sulfide) groups is 1. The van der Waals surface area contributed by atoms with Crippen LogP contribution in [-0.2, 0) is 22.6 Å². The highest BCUT2D eigenvalue weighted by atomic mass is 32.2. The summed E-state index contributed by atoms with van der Waals surface area (Å²) < 4.78 is 17.4. The second-order valence-corrected chi connectivity index (χ2v) is 9.91. The Kier molecular flexibility index (Phi) is 5.46. The molecule has 8 nitrogen and oxygen atoms in total. The van der Waals surface area contributed by atoms with Gasteiger partial charge in [-0.3, -0.25) is 4.79 Å². The molecule has 1 N–H and O–H groups in total. The number of nitrogens with one attached hydrogen (secondary N) is 1. The van der Waals surface area contributed by atoms with Crippen LogP contribution in [0.1, 0.15) is 32.0 Å². The number of amides is 1. The topological polar surface area (TPSA) is 99.4 Å². The highest BCUT2D eigenvalue weighted by Crippen LogP contribution is 2.36. The molecule has 4 heterocycles. The minimum atomic E-state index is -0.434. The summed E-state index contributed by atoms with van der Waals surface area (Å²) in [4.78, 5) is 26.4. The molecule has 9 heteroatoms. The molecule has 4 aromatic rings. The molecule has 0 aliphatic carbocycles. The third-order valence-corrected chi connectivity index (χ3v) is 6.70. The molecule has 3 aromatic heterocycles. The monoisotopic (exact) mass is 464 g/mol. The van der Waals surface area contributed by atoms with Crippen LogP contribution in [0.3, 0.4) is 0 Å². The van der Waals surface area contributed by atoms with Gasteiger partial charge in [-0.15, -0.1) is 0 Å². The lowest BCUT2D eigenvalue weighted by atomic mass is 9.95. The number of methoxy groups -OCH3 is 1. The summed E-state index contributed by atoms with van der Waals surface area (Å²) in [5, 5.41) is 3.90. The molecule has 170 valence electrons. The van der Waals surface area contributed by atoms with Gasteiger partial charge in [-0.1, -0.05) is 23.9 Å². The molecule has 5 rings (SSSR count). The fraction of sp³-hybridized carbons (Fsp3) is 0.333. The molecule has 1 aliphatic rings. The number of carbonyl (C=O) groups is 1. The number of furan rings is 1. The molecule has 1 aliphatic heterocycles. The van der Waals surface area contributed by atoms with Gasteiger partial charge < -0.3 is 19.2 Å². The van der Waals surface area contributed by atoms with E-state index < -0.39 is 5.25 Å². The molecule has 0 saturated heterocycles. The summed E-state index contributed by atoms with van der Waals surface area (Å²) >= 11 is 1.31. The van der Waals surface area contributed by atoms with Crippen molar-refractivity contribution in [2.45, 2.75) is 49.7 Å². The molecule has 0 bridgehead atoms. The minimum Gasteiger partial charge on any atom is -0.495 e. The molecular weight excluding hydrogens is 440 g/mol. The zero-order valence-electron chi connectivity index (χ0n) is 18.8. The van der Waals surface area contributed by atoms with Crippen LogP contribution in [0.2, 0.25) is 0 Å². The SMILES string of the molecule is COc1ccccc1NC(=O)C(C)Sc1ncnc2c1oc1nc3c(cc12)COC(C)(C)C3. The lowest BCUT2D eigenvalue weighted by Gasteiger charge is -2.30. The van der Waals surface area contributed by atoms with Gasteiger partial charge in [0.05, 0.1) is 41.3 Å². The second kappa shape index (κ2) is 8.31. The Labute approximate surface area is 195 Å². The molecule has 0 fully saturated rings. The number of benzene rings is 1. The van der Waals surface area contributed by atoms with Gasteiger partial charge in [0.15, 0.2) is 5.58 Å². The number of rotatable bonds is 5. The van der Waals surface area contributed by atoms with E-state index in [1.54, 1.807) is 19.2 Å². The largest absolute Gasteiger partial charge is 0.495 e. The normalized spacial score (nSPS) is 15.9. The van der Waals surface area contributed by atoms with Crippen LogP contribution in [0.25, 0.3) is 22.2 Å². The number of hydrogen-bond donors (Lipinski definition) is 1. The summed E-state index contributed by atoms with van der Waals surface area (Å²) in [6.07, 6.45) is 2.20. The number of anilines is 1. The molecule has 1 amide bonds. The van der Waals surface area contributed by atoms with Gasteiger partial charge in [0.25, 0.3) is 0 Å². The number of carbonyl (C=O) groups excluding carboxylic acids is 1. The predicted octanol–water partition coefficient (Wildman–Crippen LogP) is 4.75. The lowest BCUT2D eigenvalue weighted by Crippen LogP contribution is -2.32. The van der Waals surface area contributed by atoms with Crippen LogP contribution in [0.4, 0.5) is 5.69 Å². The number of aromatic nitrogens is 3. The van der Waals surface area contributed by atoms with E-state index in [2.05, 4.69) is 29.1 Å². The van der Waals surface area contributed by atoms with Gasteiger partial charge in [-0.25, -0.2) is 15.0 Å². The van der Waals surface area contributed by atoms with Crippen molar-refractivity contribution < 1.29 is 18.7 Å². The van der Waals surface area contributed by atoms with Crippen molar-refractivity contribution in [1.82, 2.24) is 15.0 Å². The Bertz CT molecular complexity index is 1370. The van der Waals surface area contributed by atoms with Gasteiger partial charge >= 0.3 is 0 Å². The molecule has 0 saturated carbocycles. The molecular formula is C24H24N4O4S. The van der Waals surface area contributed by atoms with Crippen LogP contribution < -0.4 is 10.1 Å². The van der Waals surface area contributed by atoms with E-state index in [4.69, 9.17) is 18.9 Å². The first kappa shape index (κ1) is 21.7. The highest BCUT2D eigenvalue weighted by molar-refractivity contribution is 8.00. The molecule has 0 spiro atoms. The molecule has 1 unspecified atom stereocenters. The van der Waals surface area contributed by atoms with Crippen LogP contribution in [0.5, 0.6) is 5.75 Å². The van der Waals surface area contributed by atoms with E-state index in [1.165, 1.54) is 18.1 Å². The van der Waals surface area contributed by atoms with Crippen molar-refractivity contribution in [3.05, 3.63) is 47.9 Å². The van der Waals surface area contributed by atoms with E-state index in [9.17, 15) is 4.79 Å². The Morgan fingerprint density at radius 2 is 2.09 bits per heavy atom. The van der Waals surface area contributed by atoms with Crippen molar-refractivity contribution in [3.8, 4) is 5.75 Å². The molecule has 1 aromatic carbocycles. The Hall–Kier alpha value is -3.17. The first-order valence-corrected chi connectivity index (χ1v) is 11.5.